The molecule has 6 nitrogen and oxygen atoms in total. The molecule has 0 aliphatic rings. The summed E-state index contributed by atoms with van der Waals surface area (Å²) in [6.45, 7) is 2.52. The van der Waals surface area contributed by atoms with Crippen LogP contribution in [0.3, 0.4) is 0 Å². The van der Waals surface area contributed by atoms with Gasteiger partial charge in [-0.05, 0) is 18.1 Å². The van der Waals surface area contributed by atoms with Gasteiger partial charge >= 0.3 is 6.18 Å². The Hall–Kier alpha value is -2.24. The van der Waals surface area contributed by atoms with Crippen molar-refractivity contribution in [2.75, 3.05) is 12.8 Å². The van der Waals surface area contributed by atoms with E-state index < -0.39 is 28.1 Å². The highest BCUT2D eigenvalue weighted by Crippen LogP contribution is 2.33. The molecule has 1 heterocycles. The lowest BCUT2D eigenvalue weighted by Gasteiger charge is -2.21. The summed E-state index contributed by atoms with van der Waals surface area (Å²) in [5, 5.41) is 3.08. The van der Waals surface area contributed by atoms with Gasteiger partial charge in [0.2, 0.25) is 10.0 Å². The normalized spacial score (nSPS) is 14.4. The molecule has 0 amide bonds. The fraction of sp³-hybridized carbons (Fsp3) is 0.389. The van der Waals surface area contributed by atoms with Crippen LogP contribution < -0.4 is 14.8 Å². The van der Waals surface area contributed by atoms with E-state index >= 15 is 0 Å². The Morgan fingerprint density at radius 1 is 1.17 bits per heavy atom. The van der Waals surface area contributed by atoms with Gasteiger partial charge in [0.15, 0.2) is 0 Å². The van der Waals surface area contributed by atoms with Gasteiger partial charge in [-0.25, -0.2) is 12.8 Å². The molecular formula is C18H21F4N3O3S. The number of pyridine rings is 1. The summed E-state index contributed by atoms with van der Waals surface area (Å²) in [5.74, 6) is -0.217. The van der Waals surface area contributed by atoms with E-state index in [1.54, 1.807) is 11.6 Å². The number of aromatic nitrogens is 1. The highest BCUT2D eigenvalue weighted by molar-refractivity contribution is 7.88. The minimum atomic E-state index is -4.76. The van der Waals surface area contributed by atoms with E-state index in [4.69, 9.17) is 4.74 Å². The number of nitrogens with zero attached hydrogens (tertiary/aromatic N) is 1. The molecule has 0 saturated heterocycles. The summed E-state index contributed by atoms with van der Waals surface area (Å²) < 4.78 is 82.1. The van der Waals surface area contributed by atoms with E-state index in [1.807, 2.05) is 0 Å². The molecule has 160 valence electrons. The summed E-state index contributed by atoms with van der Waals surface area (Å²) >= 11 is 0. The molecule has 2 rings (SSSR count). The molecule has 0 aliphatic heterocycles. The zero-order valence-corrected chi connectivity index (χ0v) is 16.5. The first-order chi connectivity index (χ1) is 13.4. The van der Waals surface area contributed by atoms with E-state index in [-0.39, 0.29) is 11.7 Å². The number of hydrogen-bond donors (Lipinski definition) is 2. The smallest absolute Gasteiger partial charge is 0.408 e. The van der Waals surface area contributed by atoms with Gasteiger partial charge in [0.1, 0.15) is 23.7 Å². The Labute approximate surface area is 166 Å². The minimum Gasteiger partial charge on any atom is -0.488 e. The third-order valence-electron chi connectivity index (χ3n) is 3.75. The second kappa shape index (κ2) is 9.51. The largest absolute Gasteiger partial charge is 0.488 e. The van der Waals surface area contributed by atoms with E-state index in [0.717, 1.165) is 6.20 Å². The Balaban J connectivity index is 1.91. The van der Waals surface area contributed by atoms with Crippen LogP contribution >= 0.6 is 0 Å². The second-order valence-electron chi connectivity index (χ2n) is 6.50. The number of alkyl halides is 3. The van der Waals surface area contributed by atoms with Crippen LogP contribution in [-0.2, 0) is 16.6 Å². The molecule has 0 radical (unpaired) electrons. The fourth-order valence-electron chi connectivity index (χ4n) is 2.52. The third kappa shape index (κ3) is 7.95. The van der Waals surface area contributed by atoms with E-state index in [2.05, 4.69) is 10.3 Å². The van der Waals surface area contributed by atoms with Crippen LogP contribution in [0.2, 0.25) is 0 Å². The quantitative estimate of drug-likeness (QED) is 0.592. The van der Waals surface area contributed by atoms with Gasteiger partial charge in [-0.1, -0.05) is 24.3 Å². The van der Waals surface area contributed by atoms with Gasteiger partial charge in [0.25, 0.3) is 0 Å². The molecule has 29 heavy (non-hydrogen) atoms. The average molecular weight is 435 g/mol. The number of sulfonamides is 1. The van der Waals surface area contributed by atoms with Gasteiger partial charge in [-0.3, -0.25) is 4.98 Å². The first-order valence-electron chi connectivity index (χ1n) is 8.55. The molecule has 1 aromatic carbocycles. The van der Waals surface area contributed by atoms with E-state index in [0.29, 0.717) is 30.7 Å². The number of rotatable bonds is 9. The summed E-state index contributed by atoms with van der Waals surface area (Å²) in [4.78, 5) is 3.68. The van der Waals surface area contributed by atoms with Crippen molar-refractivity contribution >= 4 is 10.0 Å². The zero-order valence-electron chi connectivity index (χ0n) is 15.7. The maximum atomic E-state index is 13.2. The molecule has 1 aromatic heterocycles. The summed E-state index contributed by atoms with van der Waals surface area (Å²) in [6.07, 6.45) is -1.94. The second-order valence-corrected chi connectivity index (χ2v) is 8.28. The number of benzene rings is 1. The van der Waals surface area contributed by atoms with Gasteiger partial charge < -0.3 is 10.1 Å². The Kier molecular flexibility index (Phi) is 7.55. The predicted molar refractivity (Wildman–Crippen MR) is 99.2 cm³/mol. The zero-order chi connectivity index (χ0) is 21.7. The van der Waals surface area contributed by atoms with Gasteiger partial charge in [-0.15, -0.1) is 0 Å². The number of ether oxygens (including phenoxy) is 1. The Morgan fingerprint density at radius 3 is 2.38 bits per heavy atom. The van der Waals surface area contributed by atoms with Crippen molar-refractivity contribution in [3.05, 3.63) is 59.7 Å². The molecule has 0 aliphatic carbocycles. The standard InChI is InChI=1S/C18H21F4N3O3S/c1-12(28-16-7-15(19)10-24-11-16)8-23-9-13-3-5-14(6-4-13)17(18(20,21)22)25-29(2,26)27/h3-7,10-12,17,23,25H,8-9H2,1-2H3/t12?,17-/m0/s1. The maximum absolute atomic E-state index is 13.2. The predicted octanol–water partition coefficient (Wildman–Crippen LogP) is 2.93. The molecule has 0 saturated carbocycles. The van der Waals surface area contributed by atoms with E-state index in [9.17, 15) is 26.0 Å². The lowest BCUT2D eigenvalue weighted by molar-refractivity contribution is -0.153. The number of halogens is 4. The van der Waals surface area contributed by atoms with Crippen LogP contribution in [0.25, 0.3) is 0 Å². The highest BCUT2D eigenvalue weighted by atomic mass is 32.2. The number of hydrogen-bond acceptors (Lipinski definition) is 5. The van der Waals surface area contributed by atoms with Crippen LogP contribution in [0.4, 0.5) is 17.6 Å². The van der Waals surface area contributed by atoms with Crippen molar-refractivity contribution in [1.82, 2.24) is 15.0 Å². The van der Waals surface area contributed by atoms with Crippen molar-refractivity contribution < 1.29 is 30.7 Å². The molecule has 1 unspecified atom stereocenters. The fourth-order valence-corrected chi connectivity index (χ4v) is 3.21. The summed E-state index contributed by atoms with van der Waals surface area (Å²) in [6, 6.07) is 4.31. The first-order valence-corrected chi connectivity index (χ1v) is 10.4. The molecule has 2 N–H and O–H groups in total. The van der Waals surface area contributed by atoms with Gasteiger partial charge in [0.05, 0.1) is 18.6 Å². The van der Waals surface area contributed by atoms with Crippen LogP contribution in [0, 0.1) is 5.82 Å². The van der Waals surface area contributed by atoms with Crippen molar-refractivity contribution in [2.45, 2.75) is 31.8 Å². The molecular weight excluding hydrogens is 414 g/mol. The van der Waals surface area contributed by atoms with Crippen LogP contribution in [-0.4, -0.2) is 38.5 Å². The molecule has 0 bridgehead atoms. The van der Waals surface area contributed by atoms with Crippen molar-refractivity contribution in [2.24, 2.45) is 0 Å². The minimum absolute atomic E-state index is 0.206. The molecule has 2 aromatic rings. The maximum Gasteiger partial charge on any atom is 0.408 e. The summed E-state index contributed by atoms with van der Waals surface area (Å²) in [5.41, 5.74) is 0.496. The van der Waals surface area contributed by atoms with Crippen LogP contribution in [0.5, 0.6) is 5.75 Å². The monoisotopic (exact) mass is 435 g/mol. The van der Waals surface area contributed by atoms with Gasteiger partial charge in [0, 0.05) is 19.2 Å². The first kappa shape index (κ1) is 23.0. The SMILES string of the molecule is CC(CNCc1ccc([C@H](NS(C)(=O)=O)C(F)(F)F)cc1)Oc1cncc(F)c1. The van der Waals surface area contributed by atoms with Crippen LogP contribution in [0.1, 0.15) is 24.1 Å². The Morgan fingerprint density at radius 2 is 1.83 bits per heavy atom. The third-order valence-corrected chi connectivity index (χ3v) is 4.41. The van der Waals surface area contributed by atoms with E-state index in [1.165, 1.54) is 36.5 Å². The van der Waals surface area contributed by atoms with Crippen molar-refractivity contribution in [3.8, 4) is 5.75 Å². The molecule has 11 heteroatoms. The molecule has 0 spiro atoms. The summed E-state index contributed by atoms with van der Waals surface area (Å²) in [7, 11) is -4.04. The average Bonchev–Trinajstić information content (AvgIpc) is 2.59. The lowest BCUT2D eigenvalue weighted by Crippen LogP contribution is -2.37. The van der Waals surface area contributed by atoms with Crippen molar-refractivity contribution in [3.63, 3.8) is 0 Å². The number of nitrogens with one attached hydrogen (secondary N) is 2. The van der Waals surface area contributed by atoms with Crippen LogP contribution in [0.15, 0.2) is 42.7 Å². The molecule has 0 fully saturated rings. The van der Waals surface area contributed by atoms with Crippen molar-refractivity contribution in [1.29, 1.82) is 0 Å². The lowest BCUT2D eigenvalue weighted by atomic mass is 10.1. The highest BCUT2D eigenvalue weighted by Gasteiger charge is 2.42. The molecule has 2 atom stereocenters. The van der Waals surface area contributed by atoms with Gasteiger partial charge in [-0.2, -0.15) is 17.9 Å². The topological polar surface area (TPSA) is 80.3 Å². The Bertz CT molecular complexity index is 905.